The first-order chi connectivity index (χ1) is 11.8. The molecule has 0 unspecified atom stereocenters. The van der Waals surface area contributed by atoms with Crippen molar-refractivity contribution in [2.24, 2.45) is 0 Å². The van der Waals surface area contributed by atoms with Gasteiger partial charge in [-0.25, -0.2) is 4.79 Å². The first-order valence-electron chi connectivity index (χ1n) is 8.51. The van der Waals surface area contributed by atoms with Crippen molar-refractivity contribution in [3.63, 3.8) is 0 Å². The Kier molecular flexibility index (Phi) is 7.42. The Hall–Kier alpha value is -2.21. The molecule has 0 spiro atoms. The maximum absolute atomic E-state index is 11.9. The summed E-state index contributed by atoms with van der Waals surface area (Å²) in [6, 6.07) is 7.78. The molecule has 1 heterocycles. The minimum Gasteiger partial charge on any atom is -0.461 e. The van der Waals surface area contributed by atoms with Crippen LogP contribution in [-0.2, 0) is 16.1 Å². The SMILES string of the molecule is CCCCCCOCc1cccc(-c2n[nH]nc2C(=O)OCC)c1. The van der Waals surface area contributed by atoms with Crippen LogP contribution in [0.4, 0.5) is 0 Å². The number of unbranched alkanes of at least 4 members (excludes halogenated alkanes) is 3. The molecule has 0 aliphatic heterocycles. The normalized spacial score (nSPS) is 10.8. The lowest BCUT2D eigenvalue weighted by atomic mass is 10.1. The molecule has 1 aromatic heterocycles. The lowest BCUT2D eigenvalue weighted by molar-refractivity contribution is 0.0520. The van der Waals surface area contributed by atoms with Gasteiger partial charge in [0.25, 0.3) is 0 Å². The van der Waals surface area contributed by atoms with Crippen LogP contribution in [0.25, 0.3) is 11.3 Å². The number of H-pyrrole nitrogens is 1. The van der Waals surface area contributed by atoms with Crippen LogP contribution in [0.2, 0.25) is 0 Å². The highest BCUT2D eigenvalue weighted by Crippen LogP contribution is 2.21. The summed E-state index contributed by atoms with van der Waals surface area (Å²) in [7, 11) is 0. The van der Waals surface area contributed by atoms with Gasteiger partial charge in [-0.3, -0.25) is 0 Å². The molecule has 0 bridgehead atoms. The Morgan fingerprint density at radius 1 is 1.17 bits per heavy atom. The van der Waals surface area contributed by atoms with Crippen molar-refractivity contribution < 1.29 is 14.3 Å². The molecule has 0 saturated heterocycles. The molecular weight excluding hydrogens is 306 g/mol. The number of rotatable bonds is 10. The topological polar surface area (TPSA) is 77.1 Å². The van der Waals surface area contributed by atoms with Gasteiger partial charge in [-0.15, -0.1) is 5.10 Å². The second-order valence-electron chi connectivity index (χ2n) is 5.55. The third-order valence-corrected chi connectivity index (χ3v) is 3.63. The highest BCUT2D eigenvalue weighted by atomic mass is 16.5. The van der Waals surface area contributed by atoms with E-state index in [1.165, 1.54) is 19.3 Å². The summed E-state index contributed by atoms with van der Waals surface area (Å²) in [5, 5.41) is 10.5. The molecular formula is C18H25N3O3. The van der Waals surface area contributed by atoms with Crippen LogP contribution < -0.4 is 0 Å². The Morgan fingerprint density at radius 2 is 2.04 bits per heavy atom. The van der Waals surface area contributed by atoms with Crippen LogP contribution in [0, 0.1) is 0 Å². The van der Waals surface area contributed by atoms with Crippen LogP contribution in [0.5, 0.6) is 0 Å². The van der Waals surface area contributed by atoms with E-state index in [1.807, 2.05) is 24.3 Å². The van der Waals surface area contributed by atoms with Crippen molar-refractivity contribution in [2.75, 3.05) is 13.2 Å². The molecule has 0 aliphatic carbocycles. The highest BCUT2D eigenvalue weighted by Gasteiger charge is 2.19. The predicted molar refractivity (Wildman–Crippen MR) is 91.6 cm³/mol. The van der Waals surface area contributed by atoms with Gasteiger partial charge < -0.3 is 9.47 Å². The lowest BCUT2D eigenvalue weighted by Gasteiger charge is -2.06. The average molecular weight is 331 g/mol. The summed E-state index contributed by atoms with van der Waals surface area (Å²) in [6.07, 6.45) is 4.77. The molecule has 2 aromatic rings. The van der Waals surface area contributed by atoms with Gasteiger partial charge >= 0.3 is 5.97 Å². The van der Waals surface area contributed by atoms with Gasteiger partial charge in [-0.1, -0.05) is 44.4 Å². The Morgan fingerprint density at radius 3 is 2.83 bits per heavy atom. The third kappa shape index (κ3) is 5.16. The molecule has 0 amide bonds. The van der Waals surface area contributed by atoms with E-state index in [0.29, 0.717) is 18.9 Å². The van der Waals surface area contributed by atoms with E-state index in [9.17, 15) is 4.79 Å². The van der Waals surface area contributed by atoms with Gasteiger partial charge in [-0.05, 0) is 25.0 Å². The van der Waals surface area contributed by atoms with E-state index < -0.39 is 5.97 Å². The minimum atomic E-state index is -0.473. The number of aromatic amines is 1. The van der Waals surface area contributed by atoms with Crippen molar-refractivity contribution >= 4 is 5.97 Å². The number of ether oxygens (including phenoxy) is 2. The van der Waals surface area contributed by atoms with Gasteiger partial charge in [0.1, 0.15) is 5.69 Å². The zero-order valence-electron chi connectivity index (χ0n) is 14.4. The summed E-state index contributed by atoms with van der Waals surface area (Å²) in [5.41, 5.74) is 2.56. The molecule has 0 fully saturated rings. The van der Waals surface area contributed by atoms with Crippen LogP contribution in [0.15, 0.2) is 24.3 Å². The van der Waals surface area contributed by atoms with Gasteiger partial charge in [0, 0.05) is 12.2 Å². The molecule has 24 heavy (non-hydrogen) atoms. The molecule has 1 N–H and O–H groups in total. The average Bonchev–Trinajstić information content (AvgIpc) is 3.08. The van der Waals surface area contributed by atoms with E-state index in [4.69, 9.17) is 9.47 Å². The first kappa shape index (κ1) is 18.1. The zero-order valence-corrected chi connectivity index (χ0v) is 14.4. The largest absolute Gasteiger partial charge is 0.461 e. The van der Waals surface area contributed by atoms with Gasteiger partial charge in [0.05, 0.1) is 13.2 Å². The fraction of sp³-hybridized carbons (Fsp3) is 0.500. The number of aromatic nitrogens is 3. The van der Waals surface area contributed by atoms with E-state index in [-0.39, 0.29) is 5.69 Å². The minimum absolute atomic E-state index is 0.203. The molecule has 6 nitrogen and oxygen atoms in total. The fourth-order valence-corrected chi connectivity index (χ4v) is 2.40. The number of benzene rings is 1. The number of hydrogen-bond acceptors (Lipinski definition) is 5. The highest BCUT2D eigenvalue weighted by molar-refractivity contribution is 5.93. The standard InChI is InChI=1S/C18H25N3O3/c1-3-5-6-7-11-23-13-14-9-8-10-15(12-14)16-17(20-21-19-16)18(22)24-4-2/h8-10,12H,3-7,11,13H2,1-2H3,(H,19,20,21). The summed E-state index contributed by atoms with van der Waals surface area (Å²) < 4.78 is 10.7. The number of carbonyl (C=O) groups is 1. The van der Waals surface area contributed by atoms with Crippen molar-refractivity contribution in [1.82, 2.24) is 15.4 Å². The number of esters is 1. The summed E-state index contributed by atoms with van der Waals surface area (Å²) in [5.74, 6) is -0.473. The summed E-state index contributed by atoms with van der Waals surface area (Å²) in [6.45, 7) is 5.57. The zero-order chi connectivity index (χ0) is 17.2. The summed E-state index contributed by atoms with van der Waals surface area (Å²) >= 11 is 0. The fourth-order valence-electron chi connectivity index (χ4n) is 2.40. The molecule has 0 atom stereocenters. The molecule has 0 aliphatic rings. The number of hydrogen-bond donors (Lipinski definition) is 1. The van der Waals surface area contributed by atoms with Gasteiger partial charge in [0.2, 0.25) is 0 Å². The number of carbonyl (C=O) groups excluding carboxylic acids is 1. The molecule has 130 valence electrons. The third-order valence-electron chi connectivity index (χ3n) is 3.63. The van der Waals surface area contributed by atoms with Crippen LogP contribution >= 0.6 is 0 Å². The Balaban J connectivity index is 1.98. The quantitative estimate of drug-likeness (QED) is 0.530. The maximum Gasteiger partial charge on any atom is 0.361 e. The second kappa shape index (κ2) is 9.82. The number of nitrogens with one attached hydrogen (secondary N) is 1. The smallest absolute Gasteiger partial charge is 0.361 e. The van der Waals surface area contributed by atoms with Crippen LogP contribution in [0.1, 0.15) is 55.6 Å². The van der Waals surface area contributed by atoms with E-state index in [1.54, 1.807) is 6.92 Å². The Bertz CT molecular complexity index is 640. The van der Waals surface area contributed by atoms with E-state index in [2.05, 4.69) is 22.3 Å². The molecule has 0 saturated carbocycles. The first-order valence-corrected chi connectivity index (χ1v) is 8.51. The van der Waals surface area contributed by atoms with Crippen LogP contribution in [-0.4, -0.2) is 34.6 Å². The van der Waals surface area contributed by atoms with E-state index in [0.717, 1.165) is 24.2 Å². The molecule has 2 rings (SSSR count). The van der Waals surface area contributed by atoms with Gasteiger partial charge in [-0.2, -0.15) is 10.3 Å². The molecule has 1 aromatic carbocycles. The van der Waals surface area contributed by atoms with Crippen LogP contribution in [0.3, 0.4) is 0 Å². The van der Waals surface area contributed by atoms with Crippen molar-refractivity contribution in [3.8, 4) is 11.3 Å². The second-order valence-corrected chi connectivity index (χ2v) is 5.55. The molecule has 0 radical (unpaired) electrons. The predicted octanol–water partition coefficient (Wildman–Crippen LogP) is 3.75. The van der Waals surface area contributed by atoms with Gasteiger partial charge in [0.15, 0.2) is 5.69 Å². The molecule has 6 heteroatoms. The van der Waals surface area contributed by atoms with Crippen molar-refractivity contribution in [1.29, 1.82) is 0 Å². The Labute approximate surface area is 142 Å². The van der Waals surface area contributed by atoms with Crippen molar-refractivity contribution in [2.45, 2.75) is 46.1 Å². The maximum atomic E-state index is 11.9. The number of nitrogens with zero attached hydrogens (tertiary/aromatic N) is 2. The summed E-state index contributed by atoms with van der Waals surface area (Å²) in [4.78, 5) is 11.9. The monoisotopic (exact) mass is 331 g/mol. The lowest BCUT2D eigenvalue weighted by Crippen LogP contribution is -2.06. The van der Waals surface area contributed by atoms with E-state index >= 15 is 0 Å². The van der Waals surface area contributed by atoms with Crippen molar-refractivity contribution in [3.05, 3.63) is 35.5 Å².